The van der Waals surface area contributed by atoms with Crippen molar-refractivity contribution in [2.24, 2.45) is 11.3 Å². The molecular weight excluding hydrogens is 154 g/mol. The Morgan fingerprint density at radius 1 is 1.50 bits per heavy atom. The van der Waals surface area contributed by atoms with Gasteiger partial charge in [0.2, 0.25) is 0 Å². The molecule has 1 saturated carbocycles. The highest BCUT2D eigenvalue weighted by molar-refractivity contribution is 5.74. The largest absolute Gasteiger partial charge is 0.481 e. The van der Waals surface area contributed by atoms with Gasteiger partial charge in [-0.05, 0) is 44.8 Å². The second kappa shape index (κ2) is 2.46. The highest BCUT2D eigenvalue weighted by Gasteiger charge is 2.58. The van der Waals surface area contributed by atoms with Gasteiger partial charge in [0.05, 0.1) is 5.92 Å². The van der Waals surface area contributed by atoms with Gasteiger partial charge in [0, 0.05) is 0 Å². The van der Waals surface area contributed by atoms with Crippen molar-refractivity contribution < 1.29 is 9.90 Å². The molecule has 3 nitrogen and oxygen atoms in total. The second-order valence-electron chi connectivity index (χ2n) is 4.26. The summed E-state index contributed by atoms with van der Waals surface area (Å²) in [6.45, 7) is 2.15. The van der Waals surface area contributed by atoms with E-state index in [-0.39, 0.29) is 11.3 Å². The number of hydrogen-bond acceptors (Lipinski definition) is 2. The molecule has 2 fully saturated rings. The lowest BCUT2D eigenvalue weighted by Gasteiger charge is -2.29. The standard InChI is InChI=1S/C9H15NO2/c1-10-4-2-9(3-5-10)6-7(9)8(11)12/h7H,2-6H2,1H3,(H,11,12). The zero-order valence-electron chi connectivity index (χ0n) is 7.42. The van der Waals surface area contributed by atoms with E-state index >= 15 is 0 Å². The summed E-state index contributed by atoms with van der Waals surface area (Å²) >= 11 is 0. The van der Waals surface area contributed by atoms with Crippen molar-refractivity contribution in [1.29, 1.82) is 0 Å². The molecule has 1 heterocycles. The third-order valence-corrected chi connectivity index (χ3v) is 3.47. The van der Waals surface area contributed by atoms with E-state index in [9.17, 15) is 4.79 Å². The first-order valence-corrected chi connectivity index (χ1v) is 4.55. The van der Waals surface area contributed by atoms with Crippen molar-refractivity contribution in [3.8, 4) is 0 Å². The van der Waals surface area contributed by atoms with E-state index in [0.29, 0.717) is 0 Å². The number of nitrogens with zero attached hydrogens (tertiary/aromatic N) is 1. The number of piperidine rings is 1. The lowest BCUT2D eigenvalue weighted by atomic mass is 9.91. The molecule has 1 unspecified atom stereocenters. The highest BCUT2D eigenvalue weighted by Crippen LogP contribution is 2.59. The number of carboxylic acids is 1. The van der Waals surface area contributed by atoms with Gasteiger partial charge >= 0.3 is 5.97 Å². The van der Waals surface area contributed by atoms with E-state index in [2.05, 4.69) is 11.9 Å². The fraction of sp³-hybridized carbons (Fsp3) is 0.889. The average molecular weight is 169 g/mol. The zero-order chi connectivity index (χ0) is 8.77. The Morgan fingerprint density at radius 2 is 2.08 bits per heavy atom. The monoisotopic (exact) mass is 169 g/mol. The summed E-state index contributed by atoms with van der Waals surface area (Å²) in [5.41, 5.74) is 0.207. The summed E-state index contributed by atoms with van der Waals surface area (Å²) in [5.74, 6) is -0.606. The molecule has 1 saturated heterocycles. The molecule has 3 heteroatoms. The normalized spacial score (nSPS) is 33.6. The molecule has 1 spiro atoms. The number of carboxylic acid groups (broad SMARTS) is 1. The van der Waals surface area contributed by atoms with E-state index in [1.54, 1.807) is 0 Å². The van der Waals surface area contributed by atoms with Crippen LogP contribution in [-0.2, 0) is 4.79 Å². The van der Waals surface area contributed by atoms with Crippen LogP contribution in [0.4, 0.5) is 0 Å². The summed E-state index contributed by atoms with van der Waals surface area (Å²) in [6, 6.07) is 0. The summed E-state index contributed by atoms with van der Waals surface area (Å²) in [6.07, 6.45) is 3.09. The first kappa shape index (κ1) is 8.05. The molecule has 0 aromatic rings. The maximum atomic E-state index is 10.7. The molecule has 2 rings (SSSR count). The lowest BCUT2D eigenvalue weighted by Crippen LogP contribution is -2.32. The van der Waals surface area contributed by atoms with Crippen LogP contribution in [0.15, 0.2) is 0 Å². The number of likely N-dealkylation sites (tertiary alicyclic amines) is 1. The molecule has 0 amide bonds. The van der Waals surface area contributed by atoms with Crippen molar-refractivity contribution in [3.05, 3.63) is 0 Å². The quantitative estimate of drug-likeness (QED) is 0.631. The van der Waals surface area contributed by atoms with Crippen LogP contribution in [0.1, 0.15) is 19.3 Å². The van der Waals surface area contributed by atoms with Crippen LogP contribution in [-0.4, -0.2) is 36.1 Å². The summed E-state index contributed by atoms with van der Waals surface area (Å²) in [7, 11) is 2.10. The van der Waals surface area contributed by atoms with Crippen LogP contribution >= 0.6 is 0 Å². The molecule has 1 aliphatic carbocycles. The predicted molar refractivity (Wildman–Crippen MR) is 44.9 cm³/mol. The van der Waals surface area contributed by atoms with Gasteiger partial charge in [0.25, 0.3) is 0 Å². The fourth-order valence-electron chi connectivity index (χ4n) is 2.31. The van der Waals surface area contributed by atoms with Gasteiger partial charge in [-0.2, -0.15) is 0 Å². The highest BCUT2D eigenvalue weighted by atomic mass is 16.4. The van der Waals surface area contributed by atoms with Crippen molar-refractivity contribution in [1.82, 2.24) is 4.90 Å². The van der Waals surface area contributed by atoms with Gasteiger partial charge in [0.15, 0.2) is 0 Å². The van der Waals surface area contributed by atoms with Crippen LogP contribution in [0.5, 0.6) is 0 Å². The summed E-state index contributed by atoms with van der Waals surface area (Å²) < 4.78 is 0. The first-order chi connectivity index (χ1) is 5.64. The molecule has 0 bridgehead atoms. The van der Waals surface area contributed by atoms with E-state index in [4.69, 9.17) is 5.11 Å². The third-order valence-electron chi connectivity index (χ3n) is 3.47. The molecule has 0 aromatic heterocycles. The molecule has 68 valence electrons. The Labute approximate surface area is 72.4 Å². The maximum Gasteiger partial charge on any atom is 0.307 e. The van der Waals surface area contributed by atoms with E-state index in [1.807, 2.05) is 0 Å². The Balaban J connectivity index is 1.95. The smallest absolute Gasteiger partial charge is 0.307 e. The van der Waals surface area contributed by atoms with Gasteiger partial charge in [0.1, 0.15) is 0 Å². The maximum absolute atomic E-state index is 10.7. The number of carbonyl (C=O) groups is 1. The van der Waals surface area contributed by atoms with Crippen molar-refractivity contribution >= 4 is 5.97 Å². The molecule has 1 N–H and O–H groups in total. The van der Waals surface area contributed by atoms with E-state index in [0.717, 1.165) is 32.4 Å². The van der Waals surface area contributed by atoms with Crippen LogP contribution in [0, 0.1) is 11.3 Å². The molecule has 1 aliphatic heterocycles. The summed E-state index contributed by atoms with van der Waals surface area (Å²) in [4.78, 5) is 13.0. The van der Waals surface area contributed by atoms with Crippen molar-refractivity contribution in [3.63, 3.8) is 0 Å². The van der Waals surface area contributed by atoms with E-state index < -0.39 is 5.97 Å². The molecular formula is C9H15NO2. The third kappa shape index (κ3) is 1.12. The Bertz CT molecular complexity index is 207. The minimum absolute atomic E-state index is 0.0220. The Hall–Kier alpha value is -0.570. The molecule has 1 atom stereocenters. The lowest BCUT2D eigenvalue weighted by molar-refractivity contribution is -0.139. The van der Waals surface area contributed by atoms with Gasteiger partial charge in [-0.1, -0.05) is 0 Å². The number of hydrogen-bond donors (Lipinski definition) is 1. The Kier molecular flexibility index (Phi) is 1.65. The summed E-state index contributed by atoms with van der Waals surface area (Å²) in [5, 5.41) is 8.82. The van der Waals surface area contributed by atoms with Crippen LogP contribution in [0.25, 0.3) is 0 Å². The molecule has 0 aromatic carbocycles. The minimum atomic E-state index is -0.584. The SMILES string of the molecule is CN1CCC2(CC1)CC2C(=O)O. The van der Waals surface area contributed by atoms with Gasteiger partial charge in [-0.15, -0.1) is 0 Å². The predicted octanol–water partition coefficient (Wildman–Crippen LogP) is 0.803. The van der Waals surface area contributed by atoms with Crippen molar-refractivity contribution in [2.75, 3.05) is 20.1 Å². The van der Waals surface area contributed by atoms with Gasteiger partial charge in [-0.3, -0.25) is 4.79 Å². The Morgan fingerprint density at radius 3 is 2.50 bits per heavy atom. The van der Waals surface area contributed by atoms with Crippen LogP contribution in [0.2, 0.25) is 0 Å². The fourth-order valence-corrected chi connectivity index (χ4v) is 2.31. The second-order valence-corrected chi connectivity index (χ2v) is 4.26. The minimum Gasteiger partial charge on any atom is -0.481 e. The van der Waals surface area contributed by atoms with E-state index in [1.165, 1.54) is 0 Å². The first-order valence-electron chi connectivity index (χ1n) is 4.55. The topological polar surface area (TPSA) is 40.5 Å². The number of aliphatic carboxylic acids is 1. The molecule has 12 heavy (non-hydrogen) atoms. The van der Waals surface area contributed by atoms with Crippen LogP contribution < -0.4 is 0 Å². The van der Waals surface area contributed by atoms with Crippen LogP contribution in [0.3, 0.4) is 0 Å². The number of rotatable bonds is 1. The van der Waals surface area contributed by atoms with Gasteiger partial charge in [-0.25, -0.2) is 0 Å². The van der Waals surface area contributed by atoms with Crippen molar-refractivity contribution in [2.45, 2.75) is 19.3 Å². The molecule has 0 radical (unpaired) electrons. The molecule has 2 aliphatic rings. The zero-order valence-corrected chi connectivity index (χ0v) is 7.42. The van der Waals surface area contributed by atoms with Gasteiger partial charge < -0.3 is 10.0 Å². The average Bonchev–Trinajstić information content (AvgIpc) is 2.72.